The first-order valence-electron chi connectivity index (χ1n) is 6.60. The van der Waals surface area contributed by atoms with E-state index in [0.29, 0.717) is 11.4 Å². The predicted molar refractivity (Wildman–Crippen MR) is 92.9 cm³/mol. The number of nitrogens with two attached hydrogens (primary N) is 1. The van der Waals surface area contributed by atoms with E-state index in [9.17, 15) is 14.7 Å². The van der Waals surface area contributed by atoms with Crippen LogP contribution in [-0.4, -0.2) is 35.4 Å². The number of nitrogen functional groups attached to an aromatic ring is 1. The molecule has 1 atom stereocenters. The Morgan fingerprint density at radius 3 is 2.59 bits per heavy atom. The highest BCUT2D eigenvalue weighted by Gasteiger charge is 2.24. The van der Waals surface area contributed by atoms with Crippen LogP contribution in [-0.2, 0) is 9.53 Å². The molecular formula is C14H20IN3O4. The van der Waals surface area contributed by atoms with Gasteiger partial charge in [-0.25, -0.2) is 9.59 Å². The maximum atomic E-state index is 11.7. The molecule has 0 saturated carbocycles. The third kappa shape index (κ3) is 5.96. The van der Waals surface area contributed by atoms with Crippen molar-refractivity contribution >= 4 is 46.0 Å². The quantitative estimate of drug-likeness (QED) is 0.429. The number of para-hydroxylation sites is 1. The minimum absolute atomic E-state index is 0.0150. The molecule has 0 saturated heterocycles. The fraction of sp³-hybridized carbons (Fsp3) is 0.429. The molecule has 0 bridgehead atoms. The SMILES string of the molecule is CC(C)(C)OC(=O)NC(CNc1cccc(I)c1N)C(=O)O. The lowest BCUT2D eigenvalue weighted by atomic mass is 10.2. The van der Waals surface area contributed by atoms with Crippen molar-refractivity contribution in [2.45, 2.75) is 32.4 Å². The number of hydrogen-bond acceptors (Lipinski definition) is 5. The molecule has 1 aromatic carbocycles. The second kappa shape index (κ2) is 7.52. The van der Waals surface area contributed by atoms with Crippen molar-refractivity contribution in [1.29, 1.82) is 0 Å². The molecule has 8 heteroatoms. The predicted octanol–water partition coefficient (Wildman–Crippen LogP) is 2.26. The summed E-state index contributed by atoms with van der Waals surface area (Å²) in [5, 5.41) is 14.4. The van der Waals surface area contributed by atoms with Crippen molar-refractivity contribution in [3.05, 3.63) is 21.8 Å². The summed E-state index contributed by atoms with van der Waals surface area (Å²) in [6, 6.07) is 4.25. The number of ether oxygens (including phenoxy) is 1. The van der Waals surface area contributed by atoms with Crippen molar-refractivity contribution < 1.29 is 19.4 Å². The van der Waals surface area contributed by atoms with Gasteiger partial charge in [-0.15, -0.1) is 0 Å². The number of aliphatic carboxylic acids is 1. The number of carboxylic acids is 1. The summed E-state index contributed by atoms with van der Waals surface area (Å²) >= 11 is 2.08. The standard InChI is InChI=1S/C14H20IN3O4/c1-14(2,3)22-13(21)18-10(12(19)20)7-17-9-6-4-5-8(15)11(9)16/h4-6,10,17H,7,16H2,1-3H3,(H,18,21)(H,19,20). The van der Waals surface area contributed by atoms with Crippen molar-refractivity contribution in [3.63, 3.8) is 0 Å². The third-order valence-corrected chi connectivity index (χ3v) is 3.48. The average molecular weight is 421 g/mol. The zero-order chi connectivity index (χ0) is 16.9. The van der Waals surface area contributed by atoms with E-state index < -0.39 is 23.7 Å². The number of benzene rings is 1. The van der Waals surface area contributed by atoms with Gasteiger partial charge in [0.15, 0.2) is 0 Å². The van der Waals surface area contributed by atoms with Gasteiger partial charge in [0.25, 0.3) is 0 Å². The molecule has 0 aliphatic carbocycles. The first-order chi connectivity index (χ1) is 10.1. The van der Waals surface area contributed by atoms with Gasteiger partial charge in [-0.05, 0) is 55.5 Å². The molecule has 1 unspecified atom stereocenters. The Hall–Kier alpha value is -1.71. The molecule has 0 radical (unpaired) electrons. The Kier molecular flexibility index (Phi) is 6.27. The summed E-state index contributed by atoms with van der Waals surface area (Å²) in [6.45, 7) is 5.09. The van der Waals surface area contributed by atoms with Crippen LogP contribution in [0.25, 0.3) is 0 Å². The summed E-state index contributed by atoms with van der Waals surface area (Å²) < 4.78 is 5.90. The smallest absolute Gasteiger partial charge is 0.408 e. The Morgan fingerprint density at radius 1 is 1.41 bits per heavy atom. The molecule has 7 nitrogen and oxygen atoms in total. The first-order valence-corrected chi connectivity index (χ1v) is 7.68. The number of nitrogens with one attached hydrogen (secondary N) is 2. The lowest BCUT2D eigenvalue weighted by molar-refractivity contribution is -0.139. The molecule has 1 rings (SSSR count). The maximum Gasteiger partial charge on any atom is 0.408 e. The molecule has 0 aromatic heterocycles. The van der Waals surface area contributed by atoms with E-state index in [1.54, 1.807) is 32.9 Å². The number of carboxylic acid groups (broad SMARTS) is 1. The van der Waals surface area contributed by atoms with Gasteiger partial charge in [-0.1, -0.05) is 6.07 Å². The van der Waals surface area contributed by atoms with Gasteiger partial charge < -0.3 is 26.2 Å². The summed E-state index contributed by atoms with van der Waals surface area (Å²) in [6.07, 6.45) is -0.780. The van der Waals surface area contributed by atoms with E-state index in [1.165, 1.54) is 0 Å². The van der Waals surface area contributed by atoms with Gasteiger partial charge >= 0.3 is 12.1 Å². The molecule has 0 spiro atoms. The van der Waals surface area contributed by atoms with Crippen LogP contribution in [0.2, 0.25) is 0 Å². The number of carbonyl (C=O) groups excluding carboxylic acids is 1. The van der Waals surface area contributed by atoms with Gasteiger partial charge in [0.1, 0.15) is 11.6 Å². The Labute approximate surface area is 142 Å². The molecular weight excluding hydrogens is 401 g/mol. The number of alkyl carbamates (subject to hydrolysis) is 1. The second-order valence-corrected chi connectivity index (χ2v) is 6.78. The van der Waals surface area contributed by atoms with E-state index in [0.717, 1.165) is 3.57 Å². The largest absolute Gasteiger partial charge is 0.480 e. The Bertz CT molecular complexity index is 558. The van der Waals surface area contributed by atoms with Crippen LogP contribution in [0.5, 0.6) is 0 Å². The van der Waals surface area contributed by atoms with Crippen LogP contribution in [0.1, 0.15) is 20.8 Å². The molecule has 22 heavy (non-hydrogen) atoms. The van der Waals surface area contributed by atoms with Crippen LogP contribution in [0.3, 0.4) is 0 Å². The third-order valence-electron chi connectivity index (χ3n) is 2.54. The van der Waals surface area contributed by atoms with Gasteiger partial charge in [0.05, 0.1) is 11.4 Å². The van der Waals surface area contributed by atoms with Crippen LogP contribution < -0.4 is 16.4 Å². The van der Waals surface area contributed by atoms with Gasteiger partial charge in [-0.3, -0.25) is 0 Å². The highest BCUT2D eigenvalue weighted by Crippen LogP contribution is 2.23. The van der Waals surface area contributed by atoms with Crippen LogP contribution in [0.15, 0.2) is 18.2 Å². The second-order valence-electron chi connectivity index (χ2n) is 5.62. The van der Waals surface area contributed by atoms with E-state index in [4.69, 9.17) is 10.5 Å². The van der Waals surface area contributed by atoms with Gasteiger partial charge in [-0.2, -0.15) is 0 Å². The number of hydrogen-bond donors (Lipinski definition) is 4. The van der Waals surface area contributed by atoms with E-state index in [-0.39, 0.29) is 6.54 Å². The minimum Gasteiger partial charge on any atom is -0.480 e. The lowest BCUT2D eigenvalue weighted by Crippen LogP contribution is -2.47. The van der Waals surface area contributed by atoms with E-state index in [1.807, 2.05) is 6.07 Å². The van der Waals surface area contributed by atoms with Crippen molar-refractivity contribution in [1.82, 2.24) is 5.32 Å². The number of halogens is 1. The molecule has 1 aromatic rings. The Morgan fingerprint density at radius 2 is 2.05 bits per heavy atom. The highest BCUT2D eigenvalue weighted by molar-refractivity contribution is 14.1. The first kappa shape index (κ1) is 18.3. The van der Waals surface area contributed by atoms with Crippen molar-refractivity contribution in [2.24, 2.45) is 0 Å². The van der Waals surface area contributed by atoms with Crippen LogP contribution in [0, 0.1) is 3.57 Å². The fourth-order valence-electron chi connectivity index (χ4n) is 1.55. The van der Waals surface area contributed by atoms with Crippen LogP contribution in [0.4, 0.5) is 16.2 Å². The number of amides is 1. The van der Waals surface area contributed by atoms with E-state index in [2.05, 4.69) is 33.2 Å². The average Bonchev–Trinajstić information content (AvgIpc) is 2.36. The minimum atomic E-state index is -1.16. The number of carbonyl (C=O) groups is 2. The topological polar surface area (TPSA) is 114 Å². The van der Waals surface area contributed by atoms with Gasteiger partial charge in [0.2, 0.25) is 0 Å². The zero-order valence-electron chi connectivity index (χ0n) is 12.6. The summed E-state index contributed by atoms with van der Waals surface area (Å²) in [4.78, 5) is 22.9. The van der Waals surface area contributed by atoms with Crippen molar-refractivity contribution in [3.8, 4) is 0 Å². The molecule has 1 amide bonds. The number of anilines is 2. The maximum absolute atomic E-state index is 11.7. The van der Waals surface area contributed by atoms with Crippen LogP contribution >= 0.6 is 22.6 Å². The fourth-order valence-corrected chi connectivity index (χ4v) is 2.05. The molecule has 0 aliphatic rings. The van der Waals surface area contributed by atoms with E-state index >= 15 is 0 Å². The molecule has 0 heterocycles. The molecule has 0 aliphatic heterocycles. The lowest BCUT2D eigenvalue weighted by Gasteiger charge is -2.22. The summed E-state index contributed by atoms with van der Waals surface area (Å²) in [7, 11) is 0. The normalized spacial score (nSPS) is 12.4. The highest BCUT2D eigenvalue weighted by atomic mass is 127. The number of rotatable bonds is 5. The van der Waals surface area contributed by atoms with Crippen molar-refractivity contribution in [2.75, 3.05) is 17.6 Å². The Balaban J connectivity index is 2.67. The molecule has 0 fully saturated rings. The monoisotopic (exact) mass is 421 g/mol. The molecule has 122 valence electrons. The summed E-state index contributed by atoms with van der Waals surface area (Å²) in [5.41, 5.74) is 6.35. The zero-order valence-corrected chi connectivity index (χ0v) is 14.8. The molecule has 5 N–H and O–H groups in total. The van der Waals surface area contributed by atoms with Gasteiger partial charge in [0, 0.05) is 10.1 Å². The summed E-state index contributed by atoms with van der Waals surface area (Å²) in [5.74, 6) is -1.16.